The van der Waals surface area contributed by atoms with E-state index in [9.17, 15) is 4.79 Å². The van der Waals surface area contributed by atoms with Crippen LogP contribution in [0, 0.1) is 0 Å². The Balaban J connectivity index is 2.05. The fourth-order valence-electron chi connectivity index (χ4n) is 0.838. The number of aromatic nitrogens is 1. The largest absolute Gasteiger partial charge is 0.469 e. The summed E-state index contributed by atoms with van der Waals surface area (Å²) in [6, 6.07) is 1.77. The summed E-state index contributed by atoms with van der Waals surface area (Å²) in [4.78, 5) is 10.7. The zero-order chi connectivity index (χ0) is 9.52. The molecule has 5 nitrogen and oxygen atoms in total. The van der Waals surface area contributed by atoms with Crippen molar-refractivity contribution in [3.05, 3.63) is 18.0 Å². The van der Waals surface area contributed by atoms with Crippen molar-refractivity contribution in [1.29, 1.82) is 0 Å². The molecular formula is C8H12N2O3. The van der Waals surface area contributed by atoms with E-state index in [1.807, 2.05) is 0 Å². The van der Waals surface area contributed by atoms with E-state index in [-0.39, 0.29) is 5.97 Å². The molecule has 0 bridgehead atoms. The first-order chi connectivity index (χ1) is 6.33. The summed E-state index contributed by atoms with van der Waals surface area (Å²) in [6.07, 6.45) is 1.88. The molecule has 5 heteroatoms. The molecule has 0 aromatic carbocycles. The van der Waals surface area contributed by atoms with Gasteiger partial charge in [0.1, 0.15) is 6.26 Å². The van der Waals surface area contributed by atoms with Gasteiger partial charge in [-0.05, 0) is 0 Å². The van der Waals surface area contributed by atoms with Gasteiger partial charge in [0.25, 0.3) is 0 Å². The first-order valence-electron chi connectivity index (χ1n) is 3.99. The predicted molar refractivity (Wildman–Crippen MR) is 44.8 cm³/mol. The van der Waals surface area contributed by atoms with Crippen LogP contribution in [0.1, 0.15) is 12.1 Å². The van der Waals surface area contributed by atoms with Gasteiger partial charge in [-0.15, -0.1) is 0 Å². The fraction of sp³-hybridized carbons (Fsp3) is 0.500. The van der Waals surface area contributed by atoms with Crippen LogP contribution in [0.2, 0.25) is 0 Å². The van der Waals surface area contributed by atoms with Crippen LogP contribution in [0.15, 0.2) is 16.9 Å². The predicted octanol–water partition coefficient (Wildman–Crippen LogP) is 0.327. The minimum Gasteiger partial charge on any atom is -0.469 e. The number of esters is 1. The highest BCUT2D eigenvalue weighted by Gasteiger charge is 1.99. The molecule has 0 fully saturated rings. The van der Waals surface area contributed by atoms with Crippen LogP contribution in [0.5, 0.6) is 0 Å². The van der Waals surface area contributed by atoms with E-state index in [0.717, 1.165) is 5.69 Å². The van der Waals surface area contributed by atoms with Crippen molar-refractivity contribution in [3.8, 4) is 0 Å². The maximum atomic E-state index is 10.7. The average Bonchev–Trinajstić information content (AvgIpc) is 2.64. The van der Waals surface area contributed by atoms with Crippen LogP contribution in [0.25, 0.3) is 0 Å². The maximum Gasteiger partial charge on any atom is 0.306 e. The molecule has 0 atom stereocenters. The highest BCUT2D eigenvalue weighted by Crippen LogP contribution is 1.92. The Kier molecular flexibility index (Phi) is 3.98. The van der Waals surface area contributed by atoms with E-state index in [1.54, 1.807) is 6.07 Å². The monoisotopic (exact) mass is 184 g/mol. The van der Waals surface area contributed by atoms with Gasteiger partial charge in [0.15, 0.2) is 0 Å². The van der Waals surface area contributed by atoms with E-state index in [2.05, 4.69) is 19.7 Å². The topological polar surface area (TPSA) is 64.4 Å². The first-order valence-corrected chi connectivity index (χ1v) is 3.99. The normalized spacial score (nSPS) is 9.92. The van der Waals surface area contributed by atoms with Crippen molar-refractivity contribution in [3.63, 3.8) is 0 Å². The zero-order valence-electron chi connectivity index (χ0n) is 7.45. The van der Waals surface area contributed by atoms with Crippen molar-refractivity contribution in [2.75, 3.05) is 13.7 Å². The number of hydrogen-bond donors (Lipinski definition) is 1. The SMILES string of the molecule is COC(=O)CCNCc1ccon1. The molecule has 0 unspecified atom stereocenters. The third-order valence-electron chi connectivity index (χ3n) is 1.53. The molecule has 0 radical (unpaired) electrons. The average molecular weight is 184 g/mol. The molecule has 0 saturated heterocycles. The lowest BCUT2D eigenvalue weighted by Gasteiger charge is -2.00. The molecule has 0 aliphatic heterocycles. The lowest BCUT2D eigenvalue weighted by atomic mass is 10.4. The minimum absolute atomic E-state index is 0.215. The van der Waals surface area contributed by atoms with Gasteiger partial charge in [-0.1, -0.05) is 5.16 Å². The van der Waals surface area contributed by atoms with E-state index < -0.39 is 0 Å². The quantitative estimate of drug-likeness (QED) is 0.527. The fourth-order valence-corrected chi connectivity index (χ4v) is 0.838. The highest BCUT2D eigenvalue weighted by molar-refractivity contribution is 5.69. The summed E-state index contributed by atoms with van der Waals surface area (Å²) in [5.41, 5.74) is 0.824. The summed E-state index contributed by atoms with van der Waals surface area (Å²) in [7, 11) is 1.37. The number of ether oxygens (including phenoxy) is 1. The zero-order valence-corrected chi connectivity index (χ0v) is 7.45. The van der Waals surface area contributed by atoms with Crippen molar-refractivity contribution < 1.29 is 14.1 Å². The Hall–Kier alpha value is -1.36. The van der Waals surface area contributed by atoms with E-state index in [1.165, 1.54) is 13.4 Å². The number of hydrogen-bond acceptors (Lipinski definition) is 5. The Morgan fingerprint density at radius 2 is 2.62 bits per heavy atom. The lowest BCUT2D eigenvalue weighted by molar-refractivity contribution is -0.140. The summed E-state index contributed by atoms with van der Waals surface area (Å²) in [6.45, 7) is 1.19. The second-order valence-corrected chi connectivity index (χ2v) is 2.49. The number of carbonyl (C=O) groups is 1. The van der Waals surface area contributed by atoms with E-state index in [0.29, 0.717) is 19.5 Å². The molecule has 13 heavy (non-hydrogen) atoms. The summed E-state index contributed by atoms with van der Waals surface area (Å²) < 4.78 is 9.11. The van der Waals surface area contributed by atoms with Crippen LogP contribution in [-0.2, 0) is 16.1 Å². The van der Waals surface area contributed by atoms with E-state index in [4.69, 9.17) is 0 Å². The number of carbonyl (C=O) groups excluding carboxylic acids is 1. The van der Waals surface area contributed by atoms with Gasteiger partial charge in [0.05, 0.1) is 19.2 Å². The summed E-state index contributed by atoms with van der Waals surface area (Å²) in [5.74, 6) is -0.215. The summed E-state index contributed by atoms with van der Waals surface area (Å²) >= 11 is 0. The molecule has 0 aliphatic rings. The molecule has 0 saturated carbocycles. The molecule has 0 amide bonds. The lowest BCUT2D eigenvalue weighted by Crippen LogP contribution is -2.18. The smallest absolute Gasteiger partial charge is 0.306 e. The van der Waals surface area contributed by atoms with Crippen LogP contribution in [0.4, 0.5) is 0 Å². The molecular weight excluding hydrogens is 172 g/mol. The Morgan fingerprint density at radius 1 is 1.77 bits per heavy atom. The third-order valence-corrected chi connectivity index (χ3v) is 1.53. The van der Waals surface area contributed by atoms with Gasteiger partial charge in [0.2, 0.25) is 0 Å². The molecule has 1 heterocycles. The molecule has 72 valence electrons. The van der Waals surface area contributed by atoms with Gasteiger partial charge in [-0.25, -0.2) is 0 Å². The van der Waals surface area contributed by atoms with Crippen LogP contribution in [-0.4, -0.2) is 24.8 Å². The number of methoxy groups -OCH3 is 1. The summed E-state index contributed by atoms with van der Waals surface area (Å²) in [5, 5.41) is 6.73. The van der Waals surface area contributed by atoms with Crippen molar-refractivity contribution >= 4 is 5.97 Å². The molecule has 0 aliphatic carbocycles. The van der Waals surface area contributed by atoms with Crippen LogP contribution < -0.4 is 5.32 Å². The number of nitrogens with one attached hydrogen (secondary N) is 1. The van der Waals surface area contributed by atoms with Gasteiger partial charge >= 0.3 is 5.97 Å². The number of rotatable bonds is 5. The van der Waals surface area contributed by atoms with Crippen molar-refractivity contribution in [1.82, 2.24) is 10.5 Å². The molecule has 1 aromatic heterocycles. The van der Waals surface area contributed by atoms with Gasteiger partial charge in [-0.2, -0.15) is 0 Å². The van der Waals surface area contributed by atoms with Crippen molar-refractivity contribution in [2.45, 2.75) is 13.0 Å². The second kappa shape index (κ2) is 5.31. The van der Waals surface area contributed by atoms with Crippen molar-refractivity contribution in [2.24, 2.45) is 0 Å². The molecule has 1 N–H and O–H groups in total. The number of nitrogens with zero attached hydrogens (tertiary/aromatic N) is 1. The third kappa shape index (κ3) is 3.71. The van der Waals surface area contributed by atoms with E-state index >= 15 is 0 Å². The van der Waals surface area contributed by atoms with Gasteiger partial charge in [-0.3, -0.25) is 4.79 Å². The Labute approximate surface area is 76.0 Å². The highest BCUT2D eigenvalue weighted by atomic mass is 16.5. The molecule has 1 rings (SSSR count). The van der Waals surface area contributed by atoms with Crippen LogP contribution >= 0.6 is 0 Å². The molecule has 0 spiro atoms. The standard InChI is InChI=1S/C8H12N2O3/c1-12-8(11)2-4-9-6-7-3-5-13-10-7/h3,5,9H,2,4,6H2,1H3. The first kappa shape index (κ1) is 9.73. The second-order valence-electron chi connectivity index (χ2n) is 2.49. The Bertz CT molecular complexity index is 246. The van der Waals surface area contributed by atoms with Gasteiger partial charge in [0, 0.05) is 19.2 Å². The molecule has 1 aromatic rings. The maximum absolute atomic E-state index is 10.7. The van der Waals surface area contributed by atoms with Gasteiger partial charge < -0.3 is 14.6 Å². The van der Waals surface area contributed by atoms with Crippen LogP contribution in [0.3, 0.4) is 0 Å². The Morgan fingerprint density at radius 3 is 3.23 bits per heavy atom. The minimum atomic E-state index is -0.215.